The van der Waals surface area contributed by atoms with E-state index in [4.69, 9.17) is 0 Å². The average Bonchev–Trinajstić information content (AvgIpc) is 2.76. The van der Waals surface area contributed by atoms with Crippen molar-refractivity contribution >= 4 is 31.9 Å². The fourth-order valence-corrected chi connectivity index (χ4v) is 4.64. The van der Waals surface area contributed by atoms with Gasteiger partial charge in [-0.3, -0.25) is 4.79 Å². The summed E-state index contributed by atoms with van der Waals surface area (Å²) in [6.07, 6.45) is 0. The van der Waals surface area contributed by atoms with Crippen molar-refractivity contribution in [1.82, 2.24) is 9.21 Å². The van der Waals surface area contributed by atoms with Crippen LogP contribution in [-0.4, -0.2) is 37.1 Å². The van der Waals surface area contributed by atoms with Crippen molar-refractivity contribution < 1.29 is 13.2 Å². The second kappa shape index (κ2) is 10.0. The first-order valence-electron chi connectivity index (χ1n) is 9.44. The summed E-state index contributed by atoms with van der Waals surface area (Å²) in [7, 11) is -2.15. The van der Waals surface area contributed by atoms with Crippen LogP contribution in [0.25, 0.3) is 0 Å². The predicted octanol–water partition coefficient (Wildman–Crippen LogP) is 4.30. The largest absolute Gasteiger partial charge is 0.340 e. The van der Waals surface area contributed by atoms with Gasteiger partial charge in [0.1, 0.15) is 0 Å². The van der Waals surface area contributed by atoms with Gasteiger partial charge in [0.05, 0.1) is 11.4 Å². The van der Waals surface area contributed by atoms with E-state index in [1.807, 2.05) is 54.6 Å². The smallest absolute Gasteiger partial charge is 0.243 e. The second-order valence-electron chi connectivity index (χ2n) is 6.95. The first-order chi connectivity index (χ1) is 14.4. The minimum Gasteiger partial charge on any atom is -0.340 e. The van der Waals surface area contributed by atoms with E-state index in [0.29, 0.717) is 6.54 Å². The lowest BCUT2D eigenvalue weighted by Gasteiger charge is -2.25. The molecule has 0 saturated carbocycles. The Hall–Kier alpha value is -2.48. The Kier molecular flexibility index (Phi) is 7.42. The Balaban J connectivity index is 1.83. The number of carbonyl (C=O) groups is 1. The molecule has 30 heavy (non-hydrogen) atoms. The SMILES string of the molecule is CN(Cc1ccccc1)C(=O)CN(Cc1ccc(Br)cc1)S(=O)(=O)c1ccccc1. The van der Waals surface area contributed by atoms with Gasteiger partial charge in [-0.1, -0.05) is 76.6 Å². The van der Waals surface area contributed by atoms with Gasteiger partial charge in [-0.25, -0.2) is 8.42 Å². The van der Waals surface area contributed by atoms with Crippen LogP contribution in [0.15, 0.2) is 94.3 Å². The summed E-state index contributed by atoms with van der Waals surface area (Å²) >= 11 is 3.39. The Morgan fingerprint density at radius 3 is 1.93 bits per heavy atom. The number of benzene rings is 3. The molecule has 0 fully saturated rings. The highest BCUT2D eigenvalue weighted by Crippen LogP contribution is 2.20. The highest BCUT2D eigenvalue weighted by atomic mass is 79.9. The van der Waals surface area contributed by atoms with Crippen molar-refractivity contribution in [3.63, 3.8) is 0 Å². The monoisotopic (exact) mass is 486 g/mol. The van der Waals surface area contributed by atoms with Crippen molar-refractivity contribution in [2.75, 3.05) is 13.6 Å². The molecule has 0 aliphatic carbocycles. The first kappa shape index (κ1) is 22.2. The number of halogens is 1. The van der Waals surface area contributed by atoms with Crippen LogP contribution in [0.5, 0.6) is 0 Å². The molecule has 0 bridgehead atoms. The molecule has 0 heterocycles. The molecule has 3 aromatic carbocycles. The molecule has 5 nitrogen and oxygen atoms in total. The molecule has 0 saturated heterocycles. The Labute approximate surface area is 186 Å². The zero-order valence-corrected chi connectivity index (χ0v) is 19.0. The van der Waals surface area contributed by atoms with Crippen LogP contribution >= 0.6 is 15.9 Å². The number of rotatable bonds is 8. The van der Waals surface area contributed by atoms with Crippen molar-refractivity contribution in [1.29, 1.82) is 0 Å². The molecule has 0 atom stereocenters. The lowest BCUT2D eigenvalue weighted by molar-refractivity contribution is -0.130. The van der Waals surface area contributed by atoms with Gasteiger partial charge in [-0.2, -0.15) is 4.31 Å². The minimum atomic E-state index is -3.84. The van der Waals surface area contributed by atoms with Crippen molar-refractivity contribution in [3.05, 3.63) is 101 Å². The van der Waals surface area contributed by atoms with Crippen molar-refractivity contribution in [3.8, 4) is 0 Å². The van der Waals surface area contributed by atoms with Gasteiger partial charge >= 0.3 is 0 Å². The maximum atomic E-state index is 13.3. The van der Waals surface area contributed by atoms with E-state index in [-0.39, 0.29) is 23.9 Å². The lowest BCUT2D eigenvalue weighted by atomic mass is 10.2. The number of carbonyl (C=O) groups excluding carboxylic acids is 1. The summed E-state index contributed by atoms with van der Waals surface area (Å²) in [5, 5.41) is 0. The molecular weight excluding hydrogens is 464 g/mol. The molecular formula is C23H23BrN2O3S. The summed E-state index contributed by atoms with van der Waals surface area (Å²) in [5.74, 6) is -0.268. The topological polar surface area (TPSA) is 57.7 Å². The van der Waals surface area contributed by atoms with Crippen LogP contribution < -0.4 is 0 Å². The molecule has 0 unspecified atom stereocenters. The molecule has 0 N–H and O–H groups in total. The normalized spacial score (nSPS) is 11.4. The third-order valence-electron chi connectivity index (χ3n) is 4.65. The predicted molar refractivity (Wildman–Crippen MR) is 121 cm³/mol. The quantitative estimate of drug-likeness (QED) is 0.476. The van der Waals surface area contributed by atoms with E-state index < -0.39 is 10.0 Å². The highest BCUT2D eigenvalue weighted by molar-refractivity contribution is 9.10. The molecule has 156 valence electrons. The van der Waals surface area contributed by atoms with Gasteiger partial charge in [0.25, 0.3) is 0 Å². The number of nitrogens with zero attached hydrogens (tertiary/aromatic N) is 2. The molecule has 3 aromatic rings. The molecule has 1 amide bonds. The molecule has 0 aliphatic heterocycles. The Morgan fingerprint density at radius 1 is 0.800 bits per heavy atom. The Bertz CT molecular complexity index is 1070. The Morgan fingerprint density at radius 2 is 1.33 bits per heavy atom. The molecule has 0 radical (unpaired) electrons. The van der Waals surface area contributed by atoms with Gasteiger partial charge in [0, 0.05) is 24.6 Å². The molecule has 0 spiro atoms. The summed E-state index contributed by atoms with van der Waals surface area (Å²) in [6, 6.07) is 25.2. The van der Waals surface area contributed by atoms with Crippen LogP contribution in [0, 0.1) is 0 Å². The van der Waals surface area contributed by atoms with Crippen molar-refractivity contribution in [2.24, 2.45) is 0 Å². The van der Waals surface area contributed by atoms with E-state index in [9.17, 15) is 13.2 Å². The maximum Gasteiger partial charge on any atom is 0.243 e. The van der Waals surface area contributed by atoms with E-state index in [2.05, 4.69) is 15.9 Å². The van der Waals surface area contributed by atoms with Gasteiger partial charge in [0.2, 0.25) is 15.9 Å². The zero-order chi connectivity index (χ0) is 21.6. The minimum absolute atomic E-state index is 0.107. The van der Waals surface area contributed by atoms with Crippen LogP contribution in [0.4, 0.5) is 0 Å². The van der Waals surface area contributed by atoms with E-state index in [1.165, 1.54) is 4.31 Å². The molecule has 7 heteroatoms. The first-order valence-corrected chi connectivity index (χ1v) is 11.7. The fraction of sp³-hybridized carbons (Fsp3) is 0.174. The second-order valence-corrected chi connectivity index (χ2v) is 9.80. The standard InChI is InChI=1S/C23H23BrN2O3S/c1-25(16-19-8-4-2-5-9-19)23(27)18-26(17-20-12-14-21(24)15-13-20)30(28,29)22-10-6-3-7-11-22/h2-15H,16-18H2,1H3. The van der Waals surface area contributed by atoms with Crippen LogP contribution in [0.2, 0.25) is 0 Å². The summed E-state index contributed by atoms with van der Waals surface area (Å²) in [6.45, 7) is 0.281. The number of likely N-dealkylation sites (N-methyl/N-ethyl adjacent to an activating group) is 1. The average molecular weight is 487 g/mol. The zero-order valence-electron chi connectivity index (χ0n) is 16.6. The van der Waals surface area contributed by atoms with Gasteiger partial charge in [-0.05, 0) is 35.4 Å². The highest BCUT2D eigenvalue weighted by Gasteiger charge is 2.28. The van der Waals surface area contributed by atoms with Gasteiger partial charge < -0.3 is 4.90 Å². The number of hydrogen-bond acceptors (Lipinski definition) is 3. The third kappa shape index (κ3) is 5.78. The van der Waals surface area contributed by atoms with Gasteiger partial charge in [0.15, 0.2) is 0 Å². The molecule has 0 aromatic heterocycles. The lowest BCUT2D eigenvalue weighted by Crippen LogP contribution is -2.40. The number of hydrogen-bond donors (Lipinski definition) is 0. The van der Waals surface area contributed by atoms with E-state index in [0.717, 1.165) is 15.6 Å². The van der Waals surface area contributed by atoms with Crippen LogP contribution in [-0.2, 0) is 27.9 Å². The van der Waals surface area contributed by atoms with Crippen molar-refractivity contribution in [2.45, 2.75) is 18.0 Å². The molecule has 3 rings (SSSR count). The fourth-order valence-electron chi connectivity index (χ4n) is 2.98. The van der Waals surface area contributed by atoms with E-state index in [1.54, 1.807) is 42.3 Å². The summed E-state index contributed by atoms with van der Waals surface area (Å²) in [4.78, 5) is 14.6. The number of amides is 1. The van der Waals surface area contributed by atoms with Crippen LogP contribution in [0.3, 0.4) is 0 Å². The van der Waals surface area contributed by atoms with Crippen LogP contribution in [0.1, 0.15) is 11.1 Å². The third-order valence-corrected chi connectivity index (χ3v) is 6.99. The van der Waals surface area contributed by atoms with E-state index >= 15 is 0 Å². The number of sulfonamides is 1. The van der Waals surface area contributed by atoms with Gasteiger partial charge in [-0.15, -0.1) is 0 Å². The summed E-state index contributed by atoms with van der Waals surface area (Å²) in [5.41, 5.74) is 1.79. The molecule has 0 aliphatic rings. The maximum absolute atomic E-state index is 13.3. The summed E-state index contributed by atoms with van der Waals surface area (Å²) < 4.78 is 28.7.